The van der Waals surface area contributed by atoms with E-state index in [2.05, 4.69) is 5.32 Å². The Morgan fingerprint density at radius 1 is 1.07 bits per heavy atom. The second-order valence-corrected chi connectivity index (χ2v) is 8.31. The summed E-state index contributed by atoms with van der Waals surface area (Å²) in [5, 5.41) is 3.04. The third-order valence-corrected chi connectivity index (χ3v) is 4.99. The molecule has 146 valence electrons. The molecule has 0 spiro atoms. The van der Waals surface area contributed by atoms with Gasteiger partial charge < -0.3 is 10.1 Å². The summed E-state index contributed by atoms with van der Waals surface area (Å²) in [6, 6.07) is 15.8. The molecular formula is C22H25N3O3. The molecule has 1 fully saturated rings. The van der Waals surface area contributed by atoms with Crippen LogP contribution >= 0.6 is 0 Å². The van der Waals surface area contributed by atoms with Crippen molar-refractivity contribution in [2.75, 3.05) is 11.4 Å². The fourth-order valence-electron chi connectivity index (χ4n) is 3.64. The van der Waals surface area contributed by atoms with Crippen LogP contribution in [0.2, 0.25) is 0 Å². The summed E-state index contributed by atoms with van der Waals surface area (Å²) in [6.45, 7) is 7.19. The van der Waals surface area contributed by atoms with Gasteiger partial charge in [-0.15, -0.1) is 0 Å². The van der Waals surface area contributed by atoms with Gasteiger partial charge in [-0.3, -0.25) is 9.80 Å². The van der Waals surface area contributed by atoms with Gasteiger partial charge in [-0.05, 0) is 49.6 Å². The summed E-state index contributed by atoms with van der Waals surface area (Å²) in [7, 11) is 0. The highest BCUT2D eigenvalue weighted by atomic mass is 16.6. The maximum Gasteiger partial charge on any atom is 0.410 e. The third-order valence-electron chi connectivity index (χ3n) is 4.99. The summed E-state index contributed by atoms with van der Waals surface area (Å²) in [4.78, 5) is 28.3. The Hall–Kier alpha value is -3.02. The quantitative estimate of drug-likeness (QED) is 0.850. The van der Waals surface area contributed by atoms with Crippen molar-refractivity contribution in [3.05, 3.63) is 65.2 Å². The fourth-order valence-corrected chi connectivity index (χ4v) is 3.64. The molecular weight excluding hydrogens is 354 g/mol. The summed E-state index contributed by atoms with van der Waals surface area (Å²) >= 11 is 0. The molecule has 1 unspecified atom stereocenters. The molecule has 1 N–H and O–H groups in total. The summed E-state index contributed by atoms with van der Waals surface area (Å²) < 4.78 is 5.48. The van der Waals surface area contributed by atoms with Crippen molar-refractivity contribution in [2.24, 2.45) is 0 Å². The van der Waals surface area contributed by atoms with E-state index in [1.165, 1.54) is 0 Å². The SMILES string of the molecule is CC(C)(C)OC(=O)N1Cc2ccc(N3CC(c4ccccc4)NC3=O)cc2C1. The molecule has 6 nitrogen and oxygen atoms in total. The van der Waals surface area contributed by atoms with Crippen molar-refractivity contribution in [3.8, 4) is 0 Å². The highest BCUT2D eigenvalue weighted by Crippen LogP contribution is 2.31. The zero-order valence-electron chi connectivity index (χ0n) is 16.4. The van der Waals surface area contributed by atoms with E-state index in [-0.39, 0.29) is 18.2 Å². The van der Waals surface area contributed by atoms with E-state index in [0.29, 0.717) is 19.6 Å². The largest absolute Gasteiger partial charge is 0.444 e. The Kier molecular flexibility index (Phi) is 4.49. The van der Waals surface area contributed by atoms with Crippen LogP contribution in [-0.4, -0.2) is 29.2 Å². The molecule has 6 heteroatoms. The van der Waals surface area contributed by atoms with E-state index in [9.17, 15) is 9.59 Å². The molecule has 2 heterocycles. The normalized spacial score (nSPS) is 18.8. The number of rotatable bonds is 2. The van der Waals surface area contributed by atoms with Crippen molar-refractivity contribution in [1.82, 2.24) is 10.2 Å². The molecule has 2 aromatic rings. The maximum atomic E-state index is 12.5. The number of benzene rings is 2. The van der Waals surface area contributed by atoms with E-state index in [1.807, 2.05) is 69.3 Å². The minimum Gasteiger partial charge on any atom is -0.444 e. The van der Waals surface area contributed by atoms with Gasteiger partial charge in [0.25, 0.3) is 0 Å². The van der Waals surface area contributed by atoms with Gasteiger partial charge in [0, 0.05) is 18.8 Å². The Balaban J connectivity index is 1.48. The minimum atomic E-state index is -0.517. The van der Waals surface area contributed by atoms with Crippen molar-refractivity contribution in [3.63, 3.8) is 0 Å². The predicted octanol–water partition coefficient (Wildman–Crippen LogP) is 4.21. The maximum absolute atomic E-state index is 12.5. The molecule has 0 aromatic heterocycles. The average Bonchev–Trinajstić information content (AvgIpc) is 3.24. The van der Waals surface area contributed by atoms with Crippen LogP contribution in [-0.2, 0) is 17.8 Å². The first-order valence-corrected chi connectivity index (χ1v) is 9.53. The summed E-state index contributed by atoms with van der Waals surface area (Å²) in [6.07, 6.45) is -0.312. The van der Waals surface area contributed by atoms with E-state index in [1.54, 1.807) is 9.80 Å². The van der Waals surface area contributed by atoms with Crippen LogP contribution < -0.4 is 10.2 Å². The van der Waals surface area contributed by atoms with Crippen LogP contribution in [0.3, 0.4) is 0 Å². The molecule has 2 aliphatic heterocycles. The van der Waals surface area contributed by atoms with Gasteiger partial charge in [-0.25, -0.2) is 9.59 Å². The number of amides is 3. The van der Waals surface area contributed by atoms with Gasteiger partial charge in [-0.2, -0.15) is 0 Å². The van der Waals surface area contributed by atoms with Crippen LogP contribution in [0.1, 0.15) is 43.5 Å². The molecule has 4 rings (SSSR count). The van der Waals surface area contributed by atoms with Gasteiger partial charge in [0.1, 0.15) is 5.60 Å². The van der Waals surface area contributed by atoms with Gasteiger partial charge >= 0.3 is 12.1 Å². The van der Waals surface area contributed by atoms with Gasteiger partial charge in [0.2, 0.25) is 0 Å². The first kappa shape index (κ1) is 18.3. The highest BCUT2D eigenvalue weighted by molar-refractivity contribution is 5.95. The first-order valence-electron chi connectivity index (χ1n) is 9.53. The van der Waals surface area contributed by atoms with E-state index in [0.717, 1.165) is 22.4 Å². The molecule has 2 aliphatic rings. The van der Waals surface area contributed by atoms with Crippen LogP contribution in [0.5, 0.6) is 0 Å². The summed E-state index contributed by atoms with van der Waals surface area (Å²) in [5.74, 6) is 0. The predicted molar refractivity (Wildman–Crippen MR) is 107 cm³/mol. The Labute approximate surface area is 165 Å². The molecule has 0 saturated carbocycles. The number of carbonyl (C=O) groups is 2. The lowest BCUT2D eigenvalue weighted by Crippen LogP contribution is -2.33. The molecule has 1 atom stereocenters. The standard InChI is InChI=1S/C22H25N3O3/c1-22(2,3)28-21(27)24-12-16-9-10-18(11-17(16)13-24)25-14-19(23-20(25)26)15-7-5-4-6-8-15/h4-11,19H,12-14H2,1-3H3,(H,23,26). The Morgan fingerprint density at radius 3 is 2.50 bits per heavy atom. The lowest BCUT2D eigenvalue weighted by molar-refractivity contribution is 0.0242. The van der Waals surface area contributed by atoms with Crippen LogP contribution in [0, 0.1) is 0 Å². The first-order chi connectivity index (χ1) is 13.3. The van der Waals surface area contributed by atoms with E-state index in [4.69, 9.17) is 4.74 Å². The second-order valence-electron chi connectivity index (χ2n) is 8.31. The monoisotopic (exact) mass is 379 g/mol. The molecule has 2 aromatic carbocycles. The molecule has 3 amide bonds. The van der Waals surface area contributed by atoms with Gasteiger partial charge in [0.15, 0.2) is 0 Å². The molecule has 0 bridgehead atoms. The number of urea groups is 1. The number of nitrogens with one attached hydrogen (secondary N) is 1. The van der Waals surface area contributed by atoms with Gasteiger partial charge in [0.05, 0.1) is 12.6 Å². The smallest absolute Gasteiger partial charge is 0.410 e. The number of hydrogen-bond donors (Lipinski definition) is 1. The number of ether oxygens (including phenoxy) is 1. The minimum absolute atomic E-state index is 0.0276. The van der Waals surface area contributed by atoms with Gasteiger partial charge in [-0.1, -0.05) is 36.4 Å². The number of anilines is 1. The summed E-state index contributed by atoms with van der Waals surface area (Å²) in [5.41, 5.74) is 3.57. The number of carbonyl (C=O) groups excluding carboxylic acids is 2. The topological polar surface area (TPSA) is 61.9 Å². The van der Waals surface area contributed by atoms with E-state index < -0.39 is 5.60 Å². The Morgan fingerprint density at radius 2 is 1.79 bits per heavy atom. The molecule has 28 heavy (non-hydrogen) atoms. The number of nitrogens with zero attached hydrogens (tertiary/aromatic N) is 2. The lowest BCUT2D eigenvalue weighted by Gasteiger charge is -2.24. The average molecular weight is 379 g/mol. The fraction of sp³-hybridized carbons (Fsp3) is 0.364. The van der Waals surface area contributed by atoms with Crippen molar-refractivity contribution in [1.29, 1.82) is 0 Å². The van der Waals surface area contributed by atoms with E-state index >= 15 is 0 Å². The zero-order valence-corrected chi connectivity index (χ0v) is 16.4. The lowest BCUT2D eigenvalue weighted by atomic mass is 10.1. The number of hydrogen-bond acceptors (Lipinski definition) is 3. The molecule has 1 saturated heterocycles. The Bertz CT molecular complexity index is 905. The van der Waals surface area contributed by atoms with Crippen LogP contribution in [0.25, 0.3) is 0 Å². The van der Waals surface area contributed by atoms with Crippen molar-refractivity contribution in [2.45, 2.75) is 45.5 Å². The van der Waals surface area contributed by atoms with Crippen LogP contribution in [0.4, 0.5) is 15.3 Å². The third kappa shape index (κ3) is 3.67. The highest BCUT2D eigenvalue weighted by Gasteiger charge is 2.32. The van der Waals surface area contributed by atoms with Crippen molar-refractivity contribution < 1.29 is 14.3 Å². The second kappa shape index (κ2) is 6.86. The zero-order chi connectivity index (χ0) is 19.9. The molecule has 0 aliphatic carbocycles. The van der Waals surface area contributed by atoms with Crippen molar-refractivity contribution >= 4 is 17.8 Å². The van der Waals surface area contributed by atoms with Crippen LogP contribution in [0.15, 0.2) is 48.5 Å². The molecule has 0 radical (unpaired) electrons. The number of fused-ring (bicyclic) bond motifs is 1.